The molecule has 0 fully saturated rings. The first-order valence-corrected chi connectivity index (χ1v) is 8.53. The third-order valence-corrected chi connectivity index (χ3v) is 4.57. The Balaban J connectivity index is 1.54. The van der Waals surface area contributed by atoms with E-state index in [0.717, 1.165) is 16.5 Å². The Morgan fingerprint density at radius 2 is 2.04 bits per heavy atom. The fourth-order valence-electron chi connectivity index (χ4n) is 2.52. The molecule has 0 spiro atoms. The summed E-state index contributed by atoms with van der Waals surface area (Å²) < 4.78 is 5.84. The normalized spacial score (nSPS) is 11.0. The van der Waals surface area contributed by atoms with Crippen LogP contribution in [-0.4, -0.2) is 26.7 Å². The van der Waals surface area contributed by atoms with Crippen molar-refractivity contribution in [2.75, 3.05) is 11.1 Å². The van der Waals surface area contributed by atoms with Gasteiger partial charge in [-0.05, 0) is 24.3 Å². The van der Waals surface area contributed by atoms with Crippen LogP contribution in [0.15, 0.2) is 64.3 Å². The summed E-state index contributed by atoms with van der Waals surface area (Å²) in [7, 11) is 0. The lowest BCUT2D eigenvalue weighted by Crippen LogP contribution is -2.14. The van der Waals surface area contributed by atoms with Crippen LogP contribution < -0.4 is 5.32 Å². The third kappa shape index (κ3) is 3.14. The Morgan fingerprint density at radius 3 is 2.92 bits per heavy atom. The molecule has 0 bridgehead atoms. The van der Waals surface area contributed by atoms with Crippen molar-refractivity contribution in [1.82, 2.24) is 9.97 Å². The van der Waals surface area contributed by atoms with Crippen molar-refractivity contribution < 1.29 is 14.3 Å². The van der Waals surface area contributed by atoms with Crippen LogP contribution in [0, 0.1) is 0 Å². The highest BCUT2D eigenvalue weighted by Crippen LogP contribution is 2.32. The fourth-order valence-corrected chi connectivity index (χ4v) is 3.25. The molecule has 4 aromatic rings. The van der Waals surface area contributed by atoms with E-state index in [1.165, 1.54) is 24.2 Å². The van der Waals surface area contributed by atoms with E-state index in [0.29, 0.717) is 16.3 Å². The number of fused-ring (bicyclic) bond motifs is 3. The van der Waals surface area contributed by atoms with Crippen molar-refractivity contribution in [3.8, 4) is 5.75 Å². The first-order chi connectivity index (χ1) is 12.2. The lowest BCUT2D eigenvalue weighted by molar-refractivity contribution is -0.113. The van der Waals surface area contributed by atoms with Gasteiger partial charge in [-0.1, -0.05) is 30.0 Å². The summed E-state index contributed by atoms with van der Waals surface area (Å²) in [6.07, 6.45) is 1.47. The molecule has 0 saturated carbocycles. The van der Waals surface area contributed by atoms with Crippen molar-refractivity contribution >= 4 is 45.4 Å². The van der Waals surface area contributed by atoms with Crippen LogP contribution in [0.5, 0.6) is 5.75 Å². The van der Waals surface area contributed by atoms with Crippen molar-refractivity contribution in [1.29, 1.82) is 0 Å². The number of aromatic hydroxyl groups is 1. The highest BCUT2D eigenvalue weighted by Gasteiger charge is 2.14. The van der Waals surface area contributed by atoms with Gasteiger partial charge in [0.15, 0.2) is 5.58 Å². The van der Waals surface area contributed by atoms with Gasteiger partial charge in [-0.25, -0.2) is 9.97 Å². The zero-order chi connectivity index (χ0) is 17.2. The Kier molecular flexibility index (Phi) is 3.99. The van der Waals surface area contributed by atoms with Crippen molar-refractivity contribution in [2.24, 2.45) is 0 Å². The number of para-hydroxylation sites is 1. The molecule has 0 radical (unpaired) electrons. The smallest absolute Gasteiger partial charge is 0.234 e. The molecule has 7 heteroatoms. The van der Waals surface area contributed by atoms with Gasteiger partial charge in [-0.3, -0.25) is 4.79 Å². The number of furan rings is 1. The Labute approximate surface area is 146 Å². The van der Waals surface area contributed by atoms with E-state index in [1.54, 1.807) is 18.2 Å². The zero-order valence-corrected chi connectivity index (χ0v) is 13.8. The molecule has 2 aromatic carbocycles. The average molecular weight is 351 g/mol. The van der Waals surface area contributed by atoms with Gasteiger partial charge in [-0.15, -0.1) is 0 Å². The average Bonchev–Trinajstić information content (AvgIpc) is 2.99. The predicted molar refractivity (Wildman–Crippen MR) is 96.8 cm³/mol. The summed E-state index contributed by atoms with van der Waals surface area (Å²) in [5.74, 6) is 0.0717. The van der Waals surface area contributed by atoms with Gasteiger partial charge in [0.2, 0.25) is 5.91 Å². The van der Waals surface area contributed by atoms with Crippen LogP contribution in [0.25, 0.3) is 22.1 Å². The maximum absolute atomic E-state index is 12.1. The van der Waals surface area contributed by atoms with E-state index >= 15 is 0 Å². The molecular formula is C18H13N3O3S. The van der Waals surface area contributed by atoms with E-state index in [9.17, 15) is 9.90 Å². The van der Waals surface area contributed by atoms with Gasteiger partial charge in [0.1, 0.15) is 28.2 Å². The monoisotopic (exact) mass is 351 g/mol. The van der Waals surface area contributed by atoms with Crippen LogP contribution in [0.1, 0.15) is 0 Å². The molecular weight excluding hydrogens is 338 g/mol. The Bertz CT molecular complexity index is 1080. The Hall–Kier alpha value is -3.06. The van der Waals surface area contributed by atoms with Crippen LogP contribution in [-0.2, 0) is 4.79 Å². The minimum absolute atomic E-state index is 0.102. The standard InChI is InChI=1S/C18H13N3O3S/c22-12-5-3-4-11(8-12)21-15(23)9-25-18-17-16(19-10-20-18)13-6-1-2-7-14(13)24-17/h1-8,10,22H,9H2,(H,21,23). The van der Waals surface area contributed by atoms with E-state index in [-0.39, 0.29) is 17.4 Å². The number of rotatable bonds is 4. The lowest BCUT2D eigenvalue weighted by atomic mass is 10.2. The van der Waals surface area contributed by atoms with Crippen LogP contribution in [0.3, 0.4) is 0 Å². The largest absolute Gasteiger partial charge is 0.508 e. The molecule has 0 unspecified atom stereocenters. The number of carbonyl (C=O) groups is 1. The molecule has 2 N–H and O–H groups in total. The van der Waals surface area contributed by atoms with E-state index in [4.69, 9.17) is 4.42 Å². The number of phenols is 1. The molecule has 0 aliphatic carbocycles. The number of nitrogens with zero attached hydrogens (tertiary/aromatic N) is 2. The first kappa shape index (κ1) is 15.5. The SMILES string of the molecule is O=C(CSc1ncnc2c1oc1ccccc12)Nc1cccc(O)c1. The number of benzene rings is 2. The van der Waals surface area contributed by atoms with Crippen LogP contribution in [0.4, 0.5) is 5.69 Å². The van der Waals surface area contributed by atoms with E-state index in [1.807, 2.05) is 24.3 Å². The summed E-state index contributed by atoms with van der Waals surface area (Å²) >= 11 is 1.28. The maximum Gasteiger partial charge on any atom is 0.234 e. The molecule has 4 rings (SSSR count). The number of carbonyl (C=O) groups excluding carboxylic acids is 1. The highest BCUT2D eigenvalue weighted by molar-refractivity contribution is 8.00. The molecule has 0 saturated heterocycles. The molecule has 2 aromatic heterocycles. The number of hydrogen-bond donors (Lipinski definition) is 2. The van der Waals surface area contributed by atoms with Gasteiger partial charge in [0.05, 0.1) is 5.75 Å². The summed E-state index contributed by atoms with van der Waals surface area (Å²) in [5.41, 5.74) is 2.60. The number of phenolic OH excluding ortho intramolecular Hbond substituents is 1. The number of aromatic nitrogens is 2. The minimum Gasteiger partial charge on any atom is -0.508 e. The third-order valence-electron chi connectivity index (χ3n) is 3.60. The van der Waals surface area contributed by atoms with Gasteiger partial charge in [-0.2, -0.15) is 0 Å². The molecule has 0 aliphatic heterocycles. The topological polar surface area (TPSA) is 88.2 Å². The minimum atomic E-state index is -0.196. The predicted octanol–water partition coefficient (Wildman–Crippen LogP) is 3.81. The van der Waals surface area contributed by atoms with Crippen molar-refractivity contribution in [3.05, 3.63) is 54.9 Å². The molecule has 25 heavy (non-hydrogen) atoms. The zero-order valence-electron chi connectivity index (χ0n) is 13.0. The first-order valence-electron chi connectivity index (χ1n) is 7.54. The number of anilines is 1. The summed E-state index contributed by atoms with van der Waals surface area (Å²) in [6.45, 7) is 0. The van der Waals surface area contributed by atoms with Gasteiger partial charge < -0.3 is 14.8 Å². The number of thioether (sulfide) groups is 1. The summed E-state index contributed by atoms with van der Waals surface area (Å²) in [4.78, 5) is 20.6. The van der Waals surface area contributed by atoms with Crippen LogP contribution in [0.2, 0.25) is 0 Å². The number of amides is 1. The van der Waals surface area contributed by atoms with Gasteiger partial charge >= 0.3 is 0 Å². The molecule has 124 valence electrons. The van der Waals surface area contributed by atoms with Crippen LogP contribution >= 0.6 is 11.8 Å². The van der Waals surface area contributed by atoms with E-state index in [2.05, 4.69) is 15.3 Å². The molecule has 6 nitrogen and oxygen atoms in total. The summed E-state index contributed by atoms with van der Waals surface area (Å²) in [6, 6.07) is 14.1. The second kappa shape index (κ2) is 6.45. The molecule has 0 aliphatic rings. The quantitative estimate of drug-likeness (QED) is 0.429. The Morgan fingerprint density at radius 1 is 1.16 bits per heavy atom. The van der Waals surface area contributed by atoms with Gasteiger partial charge in [0, 0.05) is 17.1 Å². The van der Waals surface area contributed by atoms with Crippen molar-refractivity contribution in [2.45, 2.75) is 5.03 Å². The van der Waals surface area contributed by atoms with E-state index < -0.39 is 0 Å². The lowest BCUT2D eigenvalue weighted by Gasteiger charge is -2.05. The number of hydrogen-bond acceptors (Lipinski definition) is 6. The summed E-state index contributed by atoms with van der Waals surface area (Å²) in [5, 5.41) is 13.7. The second-order valence-corrected chi connectivity index (χ2v) is 6.31. The van der Waals surface area contributed by atoms with Crippen molar-refractivity contribution in [3.63, 3.8) is 0 Å². The van der Waals surface area contributed by atoms with Gasteiger partial charge in [0.25, 0.3) is 0 Å². The fraction of sp³-hybridized carbons (Fsp3) is 0.0556. The second-order valence-electron chi connectivity index (χ2n) is 5.34. The number of nitrogens with one attached hydrogen (secondary N) is 1. The molecule has 1 amide bonds. The molecule has 0 atom stereocenters. The molecule has 2 heterocycles. The highest BCUT2D eigenvalue weighted by atomic mass is 32.2. The maximum atomic E-state index is 12.1.